The van der Waals surface area contributed by atoms with Crippen molar-refractivity contribution in [2.45, 2.75) is 13.8 Å². The average Bonchev–Trinajstić information content (AvgIpc) is 1.80. The Kier molecular flexibility index (Phi) is 1.54. The quantitative estimate of drug-likeness (QED) is 0.435. The van der Waals surface area contributed by atoms with Crippen molar-refractivity contribution in [2.75, 3.05) is 0 Å². The average molecular weight is 124 g/mol. The molecular formula is C8H9F. The molecule has 0 bridgehead atoms. The molecular weight excluding hydrogens is 115 g/mol. The summed E-state index contributed by atoms with van der Waals surface area (Å²) >= 11 is 0. The first-order chi connectivity index (χ1) is 4.20. The lowest BCUT2D eigenvalue weighted by Crippen LogP contribution is -1.92. The van der Waals surface area contributed by atoms with Crippen LogP contribution in [0.15, 0.2) is 29.3 Å². The standard InChI is InChI=1S/C8H9F/c1-6-3-4-7(2)8(9)5-6/h4-5,7H,1-2H3. The highest BCUT2D eigenvalue weighted by Crippen LogP contribution is 2.18. The predicted molar refractivity (Wildman–Crippen MR) is 35.6 cm³/mol. The van der Waals surface area contributed by atoms with Gasteiger partial charge < -0.3 is 0 Å². The number of hydrogen-bond acceptors (Lipinski definition) is 0. The van der Waals surface area contributed by atoms with E-state index in [0.29, 0.717) is 0 Å². The van der Waals surface area contributed by atoms with Gasteiger partial charge in [-0.2, -0.15) is 0 Å². The molecule has 0 fully saturated rings. The van der Waals surface area contributed by atoms with Gasteiger partial charge in [0.1, 0.15) is 5.83 Å². The van der Waals surface area contributed by atoms with E-state index in [2.05, 4.69) is 5.73 Å². The monoisotopic (exact) mass is 124 g/mol. The minimum atomic E-state index is -0.0753. The van der Waals surface area contributed by atoms with E-state index >= 15 is 0 Å². The van der Waals surface area contributed by atoms with E-state index in [9.17, 15) is 4.39 Å². The van der Waals surface area contributed by atoms with Crippen LogP contribution < -0.4 is 0 Å². The highest BCUT2D eigenvalue weighted by molar-refractivity contribution is 5.25. The molecule has 0 aromatic carbocycles. The molecule has 0 aliphatic heterocycles. The van der Waals surface area contributed by atoms with Gasteiger partial charge in [-0.25, -0.2) is 4.39 Å². The SMILES string of the molecule is CC1=C=CC(C)C(F)=C1. The molecule has 0 aromatic heterocycles. The zero-order valence-corrected chi connectivity index (χ0v) is 5.61. The van der Waals surface area contributed by atoms with E-state index in [1.165, 1.54) is 6.08 Å². The Balaban J connectivity index is 2.96. The van der Waals surface area contributed by atoms with E-state index in [4.69, 9.17) is 0 Å². The van der Waals surface area contributed by atoms with Gasteiger partial charge in [0.05, 0.1) is 0 Å². The molecule has 1 atom stereocenters. The maximum Gasteiger partial charge on any atom is 0.108 e. The highest BCUT2D eigenvalue weighted by Gasteiger charge is 2.06. The zero-order valence-electron chi connectivity index (χ0n) is 5.61. The smallest absolute Gasteiger partial charge is 0.108 e. The second kappa shape index (κ2) is 2.20. The van der Waals surface area contributed by atoms with Crippen LogP contribution >= 0.6 is 0 Å². The number of hydrogen-bond donors (Lipinski definition) is 0. The Labute approximate surface area is 54.4 Å². The van der Waals surface area contributed by atoms with Crippen LogP contribution in [-0.2, 0) is 0 Å². The van der Waals surface area contributed by atoms with E-state index in [-0.39, 0.29) is 11.7 Å². The fourth-order valence-corrected chi connectivity index (χ4v) is 0.716. The lowest BCUT2D eigenvalue weighted by molar-refractivity contribution is 0.545. The molecule has 1 unspecified atom stereocenters. The Hall–Kier alpha value is -0.810. The van der Waals surface area contributed by atoms with Crippen molar-refractivity contribution in [1.82, 2.24) is 0 Å². The van der Waals surface area contributed by atoms with Crippen LogP contribution in [0.2, 0.25) is 0 Å². The van der Waals surface area contributed by atoms with Gasteiger partial charge in [-0.05, 0) is 24.6 Å². The largest absolute Gasteiger partial charge is 0.211 e. The third-order valence-electron chi connectivity index (χ3n) is 1.35. The fourth-order valence-electron chi connectivity index (χ4n) is 0.716. The molecule has 1 aliphatic rings. The maximum atomic E-state index is 12.6. The van der Waals surface area contributed by atoms with Crippen LogP contribution in [-0.4, -0.2) is 0 Å². The molecule has 0 heterocycles. The number of allylic oxidation sites excluding steroid dienone is 3. The van der Waals surface area contributed by atoms with Gasteiger partial charge in [0.25, 0.3) is 0 Å². The summed E-state index contributed by atoms with van der Waals surface area (Å²) in [6.45, 7) is 3.65. The second-order valence-electron chi connectivity index (χ2n) is 2.31. The van der Waals surface area contributed by atoms with Gasteiger partial charge in [-0.1, -0.05) is 6.92 Å². The molecule has 0 saturated heterocycles. The van der Waals surface area contributed by atoms with Gasteiger partial charge in [-0.15, -0.1) is 5.73 Å². The molecule has 0 amide bonds. The summed E-state index contributed by atoms with van der Waals surface area (Å²) in [7, 11) is 0. The van der Waals surface area contributed by atoms with Crippen molar-refractivity contribution < 1.29 is 4.39 Å². The minimum Gasteiger partial charge on any atom is -0.211 e. The van der Waals surface area contributed by atoms with Crippen LogP contribution in [0.5, 0.6) is 0 Å². The topological polar surface area (TPSA) is 0 Å². The first kappa shape index (κ1) is 6.31. The number of rotatable bonds is 0. The second-order valence-corrected chi connectivity index (χ2v) is 2.31. The summed E-state index contributed by atoms with van der Waals surface area (Å²) in [4.78, 5) is 0. The van der Waals surface area contributed by atoms with Crippen LogP contribution in [0.3, 0.4) is 0 Å². The molecule has 1 rings (SSSR count). The summed E-state index contributed by atoms with van der Waals surface area (Å²) in [6, 6.07) is 0. The normalized spacial score (nSPS) is 25.4. The van der Waals surface area contributed by atoms with E-state index in [0.717, 1.165) is 5.57 Å². The van der Waals surface area contributed by atoms with Gasteiger partial charge >= 0.3 is 0 Å². The molecule has 48 valence electrons. The summed E-state index contributed by atoms with van der Waals surface area (Å²) in [5, 5.41) is 0. The summed E-state index contributed by atoms with van der Waals surface area (Å²) in [5.41, 5.74) is 3.80. The van der Waals surface area contributed by atoms with Crippen LogP contribution in [0.4, 0.5) is 4.39 Å². The molecule has 0 aromatic rings. The van der Waals surface area contributed by atoms with Crippen molar-refractivity contribution in [1.29, 1.82) is 0 Å². The van der Waals surface area contributed by atoms with Crippen molar-refractivity contribution in [2.24, 2.45) is 5.92 Å². The third kappa shape index (κ3) is 1.30. The van der Waals surface area contributed by atoms with E-state index in [1.807, 2.05) is 13.8 Å². The molecule has 0 N–H and O–H groups in total. The Morgan fingerprint density at radius 3 is 2.78 bits per heavy atom. The molecule has 0 spiro atoms. The molecule has 0 nitrogen and oxygen atoms in total. The predicted octanol–water partition coefficient (Wildman–Crippen LogP) is 2.59. The van der Waals surface area contributed by atoms with Crippen LogP contribution in [0, 0.1) is 5.92 Å². The number of halogens is 1. The van der Waals surface area contributed by atoms with Crippen molar-refractivity contribution in [3.05, 3.63) is 29.3 Å². The van der Waals surface area contributed by atoms with Crippen LogP contribution in [0.25, 0.3) is 0 Å². The maximum absolute atomic E-state index is 12.6. The Bertz CT molecular complexity index is 205. The highest BCUT2D eigenvalue weighted by atomic mass is 19.1. The van der Waals surface area contributed by atoms with Crippen molar-refractivity contribution in [3.8, 4) is 0 Å². The zero-order chi connectivity index (χ0) is 6.85. The molecule has 9 heavy (non-hydrogen) atoms. The Morgan fingerprint density at radius 2 is 2.33 bits per heavy atom. The van der Waals surface area contributed by atoms with E-state index in [1.54, 1.807) is 6.08 Å². The Morgan fingerprint density at radius 1 is 1.67 bits per heavy atom. The van der Waals surface area contributed by atoms with Gasteiger partial charge in [-0.3, -0.25) is 0 Å². The summed E-state index contributed by atoms with van der Waals surface area (Å²) in [6.07, 6.45) is 3.26. The summed E-state index contributed by atoms with van der Waals surface area (Å²) < 4.78 is 12.6. The summed E-state index contributed by atoms with van der Waals surface area (Å²) in [5.74, 6) is -0.139. The van der Waals surface area contributed by atoms with Gasteiger partial charge in [0.15, 0.2) is 0 Å². The first-order valence-corrected chi connectivity index (χ1v) is 3.00. The molecule has 1 heteroatoms. The fraction of sp³-hybridized carbons (Fsp3) is 0.375. The lowest BCUT2D eigenvalue weighted by Gasteiger charge is -2.04. The first-order valence-electron chi connectivity index (χ1n) is 3.00. The molecule has 0 saturated carbocycles. The minimum absolute atomic E-state index is 0.0637. The van der Waals surface area contributed by atoms with Crippen molar-refractivity contribution in [3.63, 3.8) is 0 Å². The van der Waals surface area contributed by atoms with E-state index < -0.39 is 0 Å². The van der Waals surface area contributed by atoms with Crippen LogP contribution in [0.1, 0.15) is 13.8 Å². The lowest BCUT2D eigenvalue weighted by atomic mass is 10.0. The third-order valence-corrected chi connectivity index (χ3v) is 1.35. The van der Waals surface area contributed by atoms with Gasteiger partial charge in [0.2, 0.25) is 0 Å². The molecule has 0 radical (unpaired) electrons. The van der Waals surface area contributed by atoms with Gasteiger partial charge in [0, 0.05) is 5.92 Å². The van der Waals surface area contributed by atoms with Crippen molar-refractivity contribution >= 4 is 0 Å². The molecule has 1 aliphatic carbocycles.